The molecule has 110 valence electrons. The predicted molar refractivity (Wildman–Crippen MR) is 82.4 cm³/mol. The van der Waals surface area contributed by atoms with Crippen LogP contribution in [0.1, 0.15) is 51.6 Å². The molecule has 2 aliphatic carbocycles. The van der Waals surface area contributed by atoms with Gasteiger partial charge in [-0.25, -0.2) is 0 Å². The fourth-order valence-corrected chi connectivity index (χ4v) is 4.64. The van der Waals surface area contributed by atoms with E-state index >= 15 is 0 Å². The molecule has 3 unspecified atom stereocenters. The molecule has 2 N–H and O–H groups in total. The zero-order valence-corrected chi connectivity index (χ0v) is 12.9. The molecule has 2 heteroatoms. The van der Waals surface area contributed by atoms with Gasteiger partial charge in [0, 0.05) is 6.04 Å². The third-order valence-corrected chi connectivity index (χ3v) is 6.58. The Balaban J connectivity index is 1.79. The second-order valence-corrected chi connectivity index (χ2v) is 7.48. The second-order valence-electron chi connectivity index (χ2n) is 7.48. The first-order valence-electron chi connectivity index (χ1n) is 7.91. The molecule has 3 rings (SSSR count). The molecule has 0 amide bonds. The normalized spacial score (nSPS) is 36.2. The molecular formula is C18H27NO. The Bertz CT molecular complexity index is 470. The largest absolute Gasteiger partial charge is 0.394 e. The molecule has 2 bridgehead atoms. The average Bonchev–Trinajstić information content (AvgIpc) is 2.78. The van der Waals surface area contributed by atoms with Crippen molar-refractivity contribution in [2.75, 3.05) is 6.61 Å². The summed E-state index contributed by atoms with van der Waals surface area (Å²) < 4.78 is 0. The van der Waals surface area contributed by atoms with Crippen LogP contribution in [0.25, 0.3) is 0 Å². The molecule has 0 radical (unpaired) electrons. The maximum absolute atomic E-state index is 9.76. The van der Waals surface area contributed by atoms with Gasteiger partial charge in [-0.05, 0) is 41.6 Å². The minimum atomic E-state index is 0.0631. The lowest BCUT2D eigenvalue weighted by Gasteiger charge is -2.41. The number of nitrogens with one attached hydrogen (secondary N) is 1. The van der Waals surface area contributed by atoms with Gasteiger partial charge in [-0.2, -0.15) is 0 Å². The molecule has 4 atom stereocenters. The minimum absolute atomic E-state index is 0.0631. The van der Waals surface area contributed by atoms with Crippen LogP contribution in [0.2, 0.25) is 0 Å². The van der Waals surface area contributed by atoms with E-state index in [1.165, 1.54) is 24.8 Å². The van der Waals surface area contributed by atoms with Gasteiger partial charge in [0.05, 0.1) is 12.6 Å². The Morgan fingerprint density at radius 1 is 1.25 bits per heavy atom. The van der Waals surface area contributed by atoms with E-state index in [9.17, 15) is 5.11 Å². The number of benzene rings is 1. The molecule has 0 aromatic heterocycles. The molecule has 2 saturated carbocycles. The smallest absolute Gasteiger partial charge is 0.0626 e. The Labute approximate surface area is 122 Å². The van der Waals surface area contributed by atoms with Gasteiger partial charge in [0.1, 0.15) is 0 Å². The van der Waals surface area contributed by atoms with E-state index in [4.69, 9.17) is 0 Å². The number of rotatable bonds is 4. The summed E-state index contributed by atoms with van der Waals surface area (Å²) >= 11 is 0. The summed E-state index contributed by atoms with van der Waals surface area (Å²) in [6, 6.07) is 10.9. The highest BCUT2D eigenvalue weighted by atomic mass is 16.3. The highest BCUT2D eigenvalue weighted by molar-refractivity contribution is 5.21. The van der Waals surface area contributed by atoms with Crippen LogP contribution in [-0.4, -0.2) is 17.8 Å². The van der Waals surface area contributed by atoms with Crippen LogP contribution < -0.4 is 5.32 Å². The van der Waals surface area contributed by atoms with E-state index in [0.29, 0.717) is 16.9 Å². The third kappa shape index (κ3) is 1.93. The summed E-state index contributed by atoms with van der Waals surface area (Å²) in [7, 11) is 0. The highest BCUT2D eigenvalue weighted by Gasteiger charge is 2.61. The van der Waals surface area contributed by atoms with Gasteiger partial charge < -0.3 is 10.4 Å². The van der Waals surface area contributed by atoms with Crippen LogP contribution in [-0.2, 0) is 0 Å². The number of aliphatic hydroxyl groups is 1. The SMILES string of the molecule is CC1(C)C2CCC1(C)C(N[C@@H](CO)c1ccccc1)C2. The van der Waals surface area contributed by atoms with Crippen molar-refractivity contribution in [2.24, 2.45) is 16.7 Å². The summed E-state index contributed by atoms with van der Waals surface area (Å²) in [4.78, 5) is 0. The van der Waals surface area contributed by atoms with Crippen LogP contribution in [0.4, 0.5) is 0 Å². The van der Waals surface area contributed by atoms with Crippen molar-refractivity contribution >= 4 is 0 Å². The standard InChI is InChI=1S/C18H27NO/c1-17(2)14-9-10-18(17,3)16(11-14)19-15(12-20)13-7-5-4-6-8-13/h4-8,14-16,19-20H,9-12H2,1-3H3/t14?,15-,16?,18?/m0/s1. The molecule has 0 spiro atoms. The molecule has 1 aromatic carbocycles. The highest BCUT2D eigenvalue weighted by Crippen LogP contribution is 2.65. The second kappa shape index (κ2) is 4.85. The van der Waals surface area contributed by atoms with Crippen molar-refractivity contribution in [1.29, 1.82) is 0 Å². The van der Waals surface area contributed by atoms with Crippen LogP contribution in [0, 0.1) is 16.7 Å². The van der Waals surface area contributed by atoms with Gasteiger partial charge in [0.25, 0.3) is 0 Å². The quantitative estimate of drug-likeness (QED) is 0.879. The van der Waals surface area contributed by atoms with Gasteiger partial charge in [0.15, 0.2) is 0 Å². The number of fused-ring (bicyclic) bond motifs is 2. The molecule has 2 aliphatic rings. The van der Waals surface area contributed by atoms with Gasteiger partial charge in [-0.15, -0.1) is 0 Å². The van der Waals surface area contributed by atoms with E-state index in [2.05, 4.69) is 38.2 Å². The van der Waals surface area contributed by atoms with E-state index in [0.717, 1.165) is 5.92 Å². The first-order valence-corrected chi connectivity index (χ1v) is 7.91. The van der Waals surface area contributed by atoms with Crippen molar-refractivity contribution in [3.63, 3.8) is 0 Å². The average molecular weight is 273 g/mol. The van der Waals surface area contributed by atoms with E-state index in [-0.39, 0.29) is 12.6 Å². The number of hydrogen-bond acceptors (Lipinski definition) is 2. The molecule has 0 heterocycles. The molecule has 20 heavy (non-hydrogen) atoms. The first-order chi connectivity index (χ1) is 9.49. The van der Waals surface area contributed by atoms with Gasteiger partial charge in [0.2, 0.25) is 0 Å². The van der Waals surface area contributed by atoms with Crippen molar-refractivity contribution in [2.45, 2.75) is 52.1 Å². The first kappa shape index (κ1) is 14.1. The van der Waals surface area contributed by atoms with Crippen molar-refractivity contribution in [3.05, 3.63) is 35.9 Å². The van der Waals surface area contributed by atoms with Gasteiger partial charge in [-0.3, -0.25) is 0 Å². The van der Waals surface area contributed by atoms with Crippen LogP contribution in [0.5, 0.6) is 0 Å². The van der Waals surface area contributed by atoms with Crippen LogP contribution in [0.15, 0.2) is 30.3 Å². The van der Waals surface area contributed by atoms with Crippen molar-refractivity contribution < 1.29 is 5.11 Å². The summed E-state index contributed by atoms with van der Waals surface area (Å²) in [6.45, 7) is 7.48. The lowest BCUT2D eigenvalue weighted by Crippen LogP contribution is -2.46. The predicted octanol–water partition coefficient (Wildman–Crippen LogP) is 3.52. The minimum Gasteiger partial charge on any atom is -0.394 e. The lowest BCUT2D eigenvalue weighted by molar-refractivity contribution is 0.107. The zero-order valence-electron chi connectivity index (χ0n) is 12.9. The third-order valence-electron chi connectivity index (χ3n) is 6.58. The Hall–Kier alpha value is -0.860. The van der Waals surface area contributed by atoms with Crippen molar-refractivity contribution in [1.82, 2.24) is 5.32 Å². The van der Waals surface area contributed by atoms with E-state index in [1.807, 2.05) is 18.2 Å². The molecule has 2 fully saturated rings. The fourth-order valence-electron chi connectivity index (χ4n) is 4.64. The number of hydrogen-bond donors (Lipinski definition) is 2. The van der Waals surface area contributed by atoms with E-state index in [1.54, 1.807) is 0 Å². The van der Waals surface area contributed by atoms with Crippen LogP contribution in [0.3, 0.4) is 0 Å². The number of aliphatic hydroxyl groups excluding tert-OH is 1. The Morgan fingerprint density at radius 3 is 2.45 bits per heavy atom. The molecule has 1 aromatic rings. The van der Waals surface area contributed by atoms with Gasteiger partial charge in [-0.1, -0.05) is 51.1 Å². The topological polar surface area (TPSA) is 32.3 Å². The lowest BCUT2D eigenvalue weighted by atomic mass is 9.69. The Kier molecular flexibility index (Phi) is 3.42. The molecule has 2 nitrogen and oxygen atoms in total. The van der Waals surface area contributed by atoms with Crippen molar-refractivity contribution in [3.8, 4) is 0 Å². The summed E-state index contributed by atoms with van der Waals surface area (Å²) in [5.74, 6) is 0.833. The fraction of sp³-hybridized carbons (Fsp3) is 0.667. The molecule has 0 aliphatic heterocycles. The maximum atomic E-state index is 9.76. The molecule has 0 saturated heterocycles. The van der Waals surface area contributed by atoms with Gasteiger partial charge >= 0.3 is 0 Å². The van der Waals surface area contributed by atoms with E-state index < -0.39 is 0 Å². The Morgan fingerprint density at radius 2 is 1.95 bits per heavy atom. The van der Waals surface area contributed by atoms with Crippen LogP contribution >= 0.6 is 0 Å². The molecular weight excluding hydrogens is 246 g/mol. The zero-order chi connectivity index (χ0) is 14.4. The maximum Gasteiger partial charge on any atom is 0.0626 e. The summed E-state index contributed by atoms with van der Waals surface area (Å²) in [5.41, 5.74) is 1.97. The summed E-state index contributed by atoms with van der Waals surface area (Å²) in [5, 5.41) is 13.5. The summed E-state index contributed by atoms with van der Waals surface area (Å²) in [6.07, 6.45) is 3.94. The monoisotopic (exact) mass is 273 g/mol.